The lowest BCUT2D eigenvalue weighted by Gasteiger charge is -2.45. The minimum absolute atomic E-state index is 0.0650. The summed E-state index contributed by atoms with van der Waals surface area (Å²) in [5.41, 5.74) is 7.60. The van der Waals surface area contributed by atoms with E-state index in [9.17, 15) is 22.2 Å². The SMILES string of the molecule is C[C@@H]1CN(COc2cc(S(=O)(=O)O)cc3cc(N)ccc23)[C@@H](C)C(=C=O)N1Cc1ccc(F)cc1. The first-order valence-electron chi connectivity index (χ1n) is 11.0. The van der Waals surface area contributed by atoms with Gasteiger partial charge < -0.3 is 15.4 Å². The lowest BCUT2D eigenvalue weighted by atomic mass is 10.0. The van der Waals surface area contributed by atoms with Crippen LogP contribution < -0.4 is 10.5 Å². The number of halogens is 1. The Labute approximate surface area is 203 Å². The van der Waals surface area contributed by atoms with Crippen LogP contribution >= 0.6 is 0 Å². The molecule has 0 saturated carbocycles. The fourth-order valence-electron chi connectivity index (χ4n) is 4.33. The Morgan fingerprint density at radius 2 is 1.86 bits per heavy atom. The number of anilines is 1. The highest BCUT2D eigenvalue weighted by Gasteiger charge is 2.34. The van der Waals surface area contributed by atoms with Crippen molar-refractivity contribution < 1.29 is 26.9 Å². The molecule has 1 aliphatic heterocycles. The Morgan fingerprint density at radius 3 is 2.51 bits per heavy atom. The van der Waals surface area contributed by atoms with Crippen molar-refractivity contribution in [2.45, 2.75) is 37.4 Å². The van der Waals surface area contributed by atoms with Gasteiger partial charge in [-0.15, -0.1) is 0 Å². The minimum atomic E-state index is -4.46. The number of nitrogen functional groups attached to an aromatic ring is 1. The molecule has 184 valence electrons. The van der Waals surface area contributed by atoms with Gasteiger partial charge in [-0.05, 0) is 61.2 Å². The Hall–Kier alpha value is -3.43. The van der Waals surface area contributed by atoms with E-state index >= 15 is 0 Å². The van der Waals surface area contributed by atoms with Crippen molar-refractivity contribution in [3.05, 3.63) is 71.7 Å². The monoisotopic (exact) mass is 499 g/mol. The van der Waals surface area contributed by atoms with Crippen molar-refractivity contribution in [3.8, 4) is 5.75 Å². The summed E-state index contributed by atoms with van der Waals surface area (Å²) in [7, 11) is -4.46. The summed E-state index contributed by atoms with van der Waals surface area (Å²) in [5.74, 6) is 2.00. The second-order valence-corrected chi connectivity index (χ2v) is 10.1. The van der Waals surface area contributed by atoms with Gasteiger partial charge in [0.05, 0.1) is 10.9 Å². The average Bonchev–Trinajstić information content (AvgIpc) is 2.80. The van der Waals surface area contributed by atoms with E-state index in [1.54, 1.807) is 30.3 Å². The Morgan fingerprint density at radius 1 is 1.14 bits per heavy atom. The molecule has 35 heavy (non-hydrogen) atoms. The summed E-state index contributed by atoms with van der Waals surface area (Å²) in [5, 5.41) is 1.14. The van der Waals surface area contributed by atoms with E-state index in [-0.39, 0.29) is 35.3 Å². The summed E-state index contributed by atoms with van der Waals surface area (Å²) in [4.78, 5) is 15.5. The number of fused-ring (bicyclic) bond motifs is 1. The van der Waals surface area contributed by atoms with Crippen LogP contribution in [0.3, 0.4) is 0 Å². The largest absolute Gasteiger partial charge is 0.477 e. The molecule has 0 radical (unpaired) electrons. The smallest absolute Gasteiger partial charge is 0.294 e. The molecule has 0 unspecified atom stereocenters. The van der Waals surface area contributed by atoms with Crippen LogP contribution in [0, 0.1) is 5.82 Å². The molecule has 1 fully saturated rings. The van der Waals surface area contributed by atoms with E-state index < -0.39 is 10.1 Å². The molecule has 0 aliphatic carbocycles. The van der Waals surface area contributed by atoms with E-state index in [4.69, 9.17) is 10.5 Å². The minimum Gasteiger partial charge on any atom is -0.477 e. The third kappa shape index (κ3) is 5.31. The number of rotatable bonds is 6. The van der Waals surface area contributed by atoms with Gasteiger partial charge in [0.1, 0.15) is 29.9 Å². The zero-order chi connectivity index (χ0) is 25.3. The highest BCUT2D eigenvalue weighted by Crippen LogP contribution is 2.32. The molecule has 3 aromatic rings. The normalized spacial score (nSPS) is 19.1. The van der Waals surface area contributed by atoms with Crippen molar-refractivity contribution in [2.75, 3.05) is 19.0 Å². The standard InChI is InChI=1S/C25H26FN3O5S/c1-16-12-28(17(2)24(14-30)29(16)13-18-3-5-20(26)6-4-18)15-34-25-11-22(35(31,32)33)10-19-9-21(27)7-8-23(19)25/h3-11,16-17H,12-13,15,27H2,1-2H3,(H,31,32,33)/t16-,17+/m1/s1. The first-order chi connectivity index (χ1) is 16.6. The molecule has 2 atom stereocenters. The second-order valence-electron chi connectivity index (χ2n) is 8.69. The molecule has 1 heterocycles. The van der Waals surface area contributed by atoms with Gasteiger partial charge in [0.15, 0.2) is 0 Å². The van der Waals surface area contributed by atoms with Gasteiger partial charge in [-0.1, -0.05) is 12.1 Å². The molecule has 3 aromatic carbocycles. The van der Waals surface area contributed by atoms with E-state index in [1.165, 1.54) is 24.3 Å². The first kappa shape index (κ1) is 24.7. The summed E-state index contributed by atoms with van der Waals surface area (Å²) in [6.45, 7) is 4.89. The summed E-state index contributed by atoms with van der Waals surface area (Å²) < 4.78 is 52.4. The summed E-state index contributed by atoms with van der Waals surface area (Å²) in [6.07, 6.45) is 0. The molecule has 10 heteroatoms. The van der Waals surface area contributed by atoms with Crippen LogP contribution in [0.2, 0.25) is 0 Å². The van der Waals surface area contributed by atoms with Crippen LogP contribution in [-0.4, -0.2) is 54.1 Å². The van der Waals surface area contributed by atoms with Gasteiger partial charge in [0.25, 0.3) is 10.1 Å². The van der Waals surface area contributed by atoms with Crippen LogP contribution in [0.25, 0.3) is 10.8 Å². The van der Waals surface area contributed by atoms with Gasteiger partial charge in [-0.2, -0.15) is 8.42 Å². The number of ether oxygens (including phenoxy) is 1. The molecule has 3 N–H and O–H groups in total. The van der Waals surface area contributed by atoms with Crippen LogP contribution in [0.5, 0.6) is 5.75 Å². The number of carbonyl (C=O) groups excluding carboxylic acids is 1. The predicted octanol–water partition coefficient (Wildman–Crippen LogP) is 3.45. The van der Waals surface area contributed by atoms with Gasteiger partial charge in [-0.25, -0.2) is 9.18 Å². The molecule has 4 rings (SSSR count). The Balaban J connectivity index is 1.57. The average molecular weight is 500 g/mol. The van der Waals surface area contributed by atoms with Gasteiger partial charge in [0.2, 0.25) is 0 Å². The second kappa shape index (κ2) is 9.67. The Bertz CT molecular complexity index is 1400. The highest BCUT2D eigenvalue weighted by molar-refractivity contribution is 7.85. The number of piperazine rings is 1. The van der Waals surface area contributed by atoms with Crippen LogP contribution in [0.1, 0.15) is 19.4 Å². The number of nitrogens with two attached hydrogens (primary N) is 1. The number of hydrogen-bond acceptors (Lipinski definition) is 7. The zero-order valence-electron chi connectivity index (χ0n) is 19.3. The van der Waals surface area contributed by atoms with Crippen molar-refractivity contribution in [2.24, 2.45) is 0 Å². The van der Waals surface area contributed by atoms with Crippen LogP contribution in [0.15, 0.2) is 65.2 Å². The summed E-state index contributed by atoms with van der Waals surface area (Å²) >= 11 is 0. The fourth-order valence-corrected chi connectivity index (χ4v) is 4.86. The molecule has 0 amide bonds. The zero-order valence-corrected chi connectivity index (χ0v) is 20.1. The molecule has 0 aromatic heterocycles. The van der Waals surface area contributed by atoms with Gasteiger partial charge in [-0.3, -0.25) is 9.45 Å². The first-order valence-corrected chi connectivity index (χ1v) is 12.4. The van der Waals surface area contributed by atoms with Crippen molar-refractivity contribution >= 4 is 32.5 Å². The number of benzene rings is 3. The third-order valence-electron chi connectivity index (χ3n) is 6.25. The summed E-state index contributed by atoms with van der Waals surface area (Å²) in [6, 6.07) is 13.3. The molecule has 0 bridgehead atoms. The number of hydrogen-bond donors (Lipinski definition) is 2. The molecule has 0 spiro atoms. The van der Waals surface area contributed by atoms with E-state index in [2.05, 4.69) is 5.94 Å². The topological polar surface area (TPSA) is 113 Å². The lowest BCUT2D eigenvalue weighted by Crippen LogP contribution is -2.55. The maximum Gasteiger partial charge on any atom is 0.294 e. The van der Waals surface area contributed by atoms with Crippen molar-refractivity contribution in [1.82, 2.24) is 9.80 Å². The predicted molar refractivity (Wildman–Crippen MR) is 130 cm³/mol. The lowest BCUT2D eigenvalue weighted by molar-refractivity contribution is 0.0290. The van der Waals surface area contributed by atoms with Gasteiger partial charge >= 0.3 is 0 Å². The molecule has 8 nitrogen and oxygen atoms in total. The maximum absolute atomic E-state index is 13.3. The van der Waals surface area contributed by atoms with Crippen molar-refractivity contribution in [1.29, 1.82) is 0 Å². The van der Waals surface area contributed by atoms with Crippen LogP contribution in [0.4, 0.5) is 10.1 Å². The van der Waals surface area contributed by atoms with E-state index in [0.29, 0.717) is 35.2 Å². The molecular formula is C25H26FN3O5S. The number of nitrogens with zero attached hydrogens (tertiary/aromatic N) is 2. The highest BCUT2D eigenvalue weighted by atomic mass is 32.2. The third-order valence-corrected chi connectivity index (χ3v) is 7.08. The quantitative estimate of drug-likeness (QED) is 0.301. The Kier molecular flexibility index (Phi) is 6.82. The van der Waals surface area contributed by atoms with Gasteiger partial charge in [0, 0.05) is 36.3 Å². The van der Waals surface area contributed by atoms with Crippen LogP contribution in [-0.2, 0) is 21.5 Å². The molecular weight excluding hydrogens is 473 g/mol. The van der Waals surface area contributed by atoms with E-state index in [0.717, 1.165) is 5.56 Å². The molecule has 1 aliphatic rings. The van der Waals surface area contributed by atoms with Crippen molar-refractivity contribution in [3.63, 3.8) is 0 Å². The maximum atomic E-state index is 13.3. The molecule has 1 saturated heterocycles. The van der Waals surface area contributed by atoms with E-state index in [1.807, 2.05) is 23.6 Å². The fraction of sp³-hybridized carbons (Fsp3) is 0.280.